The van der Waals surface area contributed by atoms with E-state index in [4.69, 9.17) is 4.74 Å². The predicted octanol–water partition coefficient (Wildman–Crippen LogP) is 2.06. The van der Waals surface area contributed by atoms with Crippen molar-refractivity contribution < 1.29 is 4.74 Å². The maximum absolute atomic E-state index is 5.50. The zero-order valence-corrected chi connectivity index (χ0v) is 9.40. The Morgan fingerprint density at radius 1 is 1.64 bits per heavy atom. The Hall–Kier alpha value is -0.380. The lowest BCUT2D eigenvalue weighted by Crippen LogP contribution is -2.52. The average Bonchev–Trinajstić information content (AvgIpc) is 2.69. The van der Waals surface area contributed by atoms with E-state index in [1.807, 2.05) is 11.3 Å². The van der Waals surface area contributed by atoms with Gasteiger partial charge >= 0.3 is 0 Å². The van der Waals surface area contributed by atoms with Gasteiger partial charge in [0.1, 0.15) is 0 Å². The summed E-state index contributed by atoms with van der Waals surface area (Å²) in [5.41, 5.74) is 0.183. The van der Waals surface area contributed by atoms with Gasteiger partial charge in [0.25, 0.3) is 0 Å². The van der Waals surface area contributed by atoms with Crippen molar-refractivity contribution in [3.8, 4) is 0 Å². The topological polar surface area (TPSA) is 21.3 Å². The van der Waals surface area contributed by atoms with Crippen molar-refractivity contribution >= 4 is 11.3 Å². The third-order valence-corrected chi connectivity index (χ3v) is 3.66. The molecule has 0 amide bonds. The second-order valence-corrected chi connectivity index (χ2v) is 5.15. The second kappa shape index (κ2) is 4.43. The van der Waals surface area contributed by atoms with Crippen LogP contribution in [0.25, 0.3) is 0 Å². The van der Waals surface area contributed by atoms with E-state index in [-0.39, 0.29) is 5.54 Å². The lowest BCUT2D eigenvalue weighted by atomic mass is 9.95. The first kappa shape index (κ1) is 10.1. The van der Waals surface area contributed by atoms with Gasteiger partial charge in [-0.15, -0.1) is 11.3 Å². The van der Waals surface area contributed by atoms with Crippen molar-refractivity contribution in [3.05, 3.63) is 22.4 Å². The Morgan fingerprint density at radius 2 is 2.57 bits per heavy atom. The Morgan fingerprint density at radius 3 is 3.21 bits per heavy atom. The van der Waals surface area contributed by atoms with Gasteiger partial charge in [-0.25, -0.2) is 0 Å². The summed E-state index contributed by atoms with van der Waals surface area (Å²) in [7, 11) is 0. The monoisotopic (exact) mass is 211 g/mol. The van der Waals surface area contributed by atoms with E-state index < -0.39 is 0 Å². The van der Waals surface area contributed by atoms with Crippen molar-refractivity contribution in [2.45, 2.75) is 25.3 Å². The molecule has 0 radical (unpaired) electrons. The van der Waals surface area contributed by atoms with Crippen molar-refractivity contribution in [1.29, 1.82) is 0 Å². The highest BCUT2D eigenvalue weighted by atomic mass is 32.1. The van der Waals surface area contributed by atoms with Crippen LogP contribution >= 0.6 is 11.3 Å². The molecule has 1 saturated heterocycles. The molecule has 0 aromatic carbocycles. The predicted molar refractivity (Wildman–Crippen MR) is 59.9 cm³/mol. The summed E-state index contributed by atoms with van der Waals surface area (Å²) < 4.78 is 5.50. The standard InChI is InChI=1S/C11H17NOS/c1-11(9-13-7-6-12-11)5-4-10-3-2-8-14-10/h2-3,8,12H,4-7,9H2,1H3. The zero-order chi connectivity index (χ0) is 9.86. The summed E-state index contributed by atoms with van der Waals surface area (Å²) in [5.74, 6) is 0. The average molecular weight is 211 g/mol. The van der Waals surface area contributed by atoms with Crippen molar-refractivity contribution in [3.63, 3.8) is 0 Å². The van der Waals surface area contributed by atoms with E-state index in [9.17, 15) is 0 Å². The summed E-state index contributed by atoms with van der Waals surface area (Å²) in [6.45, 7) is 4.94. The molecule has 2 heterocycles. The first-order chi connectivity index (χ1) is 6.79. The van der Waals surface area contributed by atoms with Gasteiger partial charge in [-0.3, -0.25) is 0 Å². The van der Waals surface area contributed by atoms with Crippen LogP contribution in [0.4, 0.5) is 0 Å². The lowest BCUT2D eigenvalue weighted by molar-refractivity contribution is 0.0319. The first-order valence-electron chi connectivity index (χ1n) is 5.14. The number of nitrogens with one attached hydrogen (secondary N) is 1. The van der Waals surface area contributed by atoms with Gasteiger partial charge in [0.05, 0.1) is 13.2 Å². The Kier molecular flexibility index (Phi) is 3.21. The summed E-state index contributed by atoms with van der Waals surface area (Å²) in [4.78, 5) is 1.47. The molecule has 0 bridgehead atoms. The number of ether oxygens (including phenoxy) is 1. The number of morpholine rings is 1. The van der Waals surface area contributed by atoms with E-state index in [0.29, 0.717) is 0 Å². The van der Waals surface area contributed by atoms with Gasteiger partial charge in [0, 0.05) is 17.0 Å². The Balaban J connectivity index is 1.84. The Labute approximate surface area is 89.3 Å². The van der Waals surface area contributed by atoms with Crippen molar-refractivity contribution in [2.75, 3.05) is 19.8 Å². The van der Waals surface area contributed by atoms with Crippen LogP contribution in [0.2, 0.25) is 0 Å². The smallest absolute Gasteiger partial charge is 0.0646 e. The minimum atomic E-state index is 0.183. The molecule has 3 heteroatoms. The molecule has 0 aliphatic carbocycles. The molecule has 1 aromatic rings. The number of thiophene rings is 1. The van der Waals surface area contributed by atoms with E-state index >= 15 is 0 Å². The van der Waals surface area contributed by atoms with E-state index in [0.717, 1.165) is 32.6 Å². The van der Waals surface area contributed by atoms with Crippen LogP contribution in [0.15, 0.2) is 17.5 Å². The second-order valence-electron chi connectivity index (χ2n) is 4.12. The highest BCUT2D eigenvalue weighted by Gasteiger charge is 2.26. The van der Waals surface area contributed by atoms with E-state index in [2.05, 4.69) is 29.8 Å². The third kappa shape index (κ3) is 2.56. The van der Waals surface area contributed by atoms with Crippen molar-refractivity contribution in [2.24, 2.45) is 0 Å². The first-order valence-corrected chi connectivity index (χ1v) is 6.02. The lowest BCUT2D eigenvalue weighted by Gasteiger charge is -2.34. The molecule has 1 atom stereocenters. The van der Waals surface area contributed by atoms with Crippen LogP contribution in [0.5, 0.6) is 0 Å². The number of hydrogen-bond acceptors (Lipinski definition) is 3. The third-order valence-electron chi connectivity index (χ3n) is 2.72. The molecule has 1 unspecified atom stereocenters. The summed E-state index contributed by atoms with van der Waals surface area (Å²) in [5, 5.41) is 5.68. The van der Waals surface area contributed by atoms with Gasteiger partial charge in [0.15, 0.2) is 0 Å². The van der Waals surface area contributed by atoms with Crippen LogP contribution in [0.3, 0.4) is 0 Å². The zero-order valence-electron chi connectivity index (χ0n) is 8.58. The minimum absolute atomic E-state index is 0.183. The van der Waals surface area contributed by atoms with Crippen LogP contribution < -0.4 is 5.32 Å². The molecular formula is C11H17NOS. The molecule has 1 aliphatic heterocycles. The SMILES string of the molecule is CC1(CCc2cccs2)COCCN1. The van der Waals surface area contributed by atoms with Crippen LogP contribution in [-0.2, 0) is 11.2 Å². The van der Waals surface area contributed by atoms with Crippen molar-refractivity contribution in [1.82, 2.24) is 5.32 Å². The Bertz CT molecular complexity index is 265. The van der Waals surface area contributed by atoms with Gasteiger partial charge in [-0.05, 0) is 31.2 Å². The fourth-order valence-corrected chi connectivity index (χ4v) is 2.50. The molecule has 78 valence electrons. The largest absolute Gasteiger partial charge is 0.378 e. The fraction of sp³-hybridized carbons (Fsp3) is 0.636. The van der Waals surface area contributed by atoms with E-state index in [1.165, 1.54) is 4.88 Å². The molecule has 1 fully saturated rings. The molecule has 0 saturated carbocycles. The van der Waals surface area contributed by atoms with Gasteiger partial charge < -0.3 is 10.1 Å². The molecule has 1 aromatic heterocycles. The van der Waals surface area contributed by atoms with Gasteiger partial charge in [0.2, 0.25) is 0 Å². The molecule has 1 N–H and O–H groups in total. The maximum Gasteiger partial charge on any atom is 0.0646 e. The summed E-state index contributed by atoms with van der Waals surface area (Å²) in [6, 6.07) is 4.32. The minimum Gasteiger partial charge on any atom is -0.378 e. The molecule has 0 spiro atoms. The maximum atomic E-state index is 5.50. The van der Waals surface area contributed by atoms with Gasteiger partial charge in [-0.1, -0.05) is 6.07 Å². The molecule has 1 aliphatic rings. The van der Waals surface area contributed by atoms with Crippen LogP contribution in [-0.4, -0.2) is 25.3 Å². The number of hydrogen-bond donors (Lipinski definition) is 1. The molecular weight excluding hydrogens is 194 g/mol. The number of rotatable bonds is 3. The number of aryl methyl sites for hydroxylation is 1. The van der Waals surface area contributed by atoms with Crippen LogP contribution in [0.1, 0.15) is 18.2 Å². The van der Waals surface area contributed by atoms with Gasteiger partial charge in [-0.2, -0.15) is 0 Å². The summed E-state index contributed by atoms with van der Waals surface area (Å²) >= 11 is 1.84. The highest BCUT2D eigenvalue weighted by molar-refractivity contribution is 7.09. The molecule has 2 rings (SSSR count). The highest BCUT2D eigenvalue weighted by Crippen LogP contribution is 2.19. The molecule has 2 nitrogen and oxygen atoms in total. The van der Waals surface area contributed by atoms with Crippen LogP contribution in [0, 0.1) is 0 Å². The quantitative estimate of drug-likeness (QED) is 0.826. The molecule has 14 heavy (non-hydrogen) atoms. The van der Waals surface area contributed by atoms with E-state index in [1.54, 1.807) is 0 Å². The summed E-state index contributed by atoms with van der Waals surface area (Å²) in [6.07, 6.45) is 2.32. The fourth-order valence-electron chi connectivity index (χ4n) is 1.79. The normalized spacial score (nSPS) is 27.8.